The number of likely N-dealkylation sites (tertiary alicyclic amines) is 1. The molecule has 1 fully saturated rings. The summed E-state index contributed by atoms with van der Waals surface area (Å²) in [6.07, 6.45) is 0.697. The van der Waals surface area contributed by atoms with Gasteiger partial charge in [0.05, 0.1) is 5.92 Å². The van der Waals surface area contributed by atoms with E-state index in [-0.39, 0.29) is 30.6 Å². The first-order chi connectivity index (χ1) is 9.49. The maximum absolute atomic E-state index is 13.6. The third kappa shape index (κ3) is 3.15. The molecular formula is C15H18FNO3. The van der Waals surface area contributed by atoms with Crippen LogP contribution in [0.3, 0.4) is 0 Å². The second-order valence-electron chi connectivity index (χ2n) is 5.29. The summed E-state index contributed by atoms with van der Waals surface area (Å²) in [4.78, 5) is 24.6. The van der Waals surface area contributed by atoms with Crippen LogP contribution in [0.4, 0.5) is 4.39 Å². The van der Waals surface area contributed by atoms with Crippen LogP contribution in [0.5, 0.6) is 0 Å². The maximum Gasteiger partial charge on any atom is 0.308 e. The van der Waals surface area contributed by atoms with Crippen molar-refractivity contribution in [2.45, 2.75) is 25.7 Å². The van der Waals surface area contributed by atoms with E-state index in [9.17, 15) is 14.0 Å². The van der Waals surface area contributed by atoms with Crippen molar-refractivity contribution in [2.24, 2.45) is 5.92 Å². The van der Waals surface area contributed by atoms with Gasteiger partial charge in [-0.25, -0.2) is 4.39 Å². The Morgan fingerprint density at radius 1 is 1.45 bits per heavy atom. The number of carbonyl (C=O) groups excluding carboxylic acids is 1. The second kappa shape index (κ2) is 6.03. The molecule has 108 valence electrons. The third-order valence-electron chi connectivity index (χ3n) is 3.81. The van der Waals surface area contributed by atoms with Crippen molar-refractivity contribution in [3.05, 3.63) is 35.6 Å². The van der Waals surface area contributed by atoms with E-state index in [1.165, 1.54) is 6.07 Å². The Kier molecular flexibility index (Phi) is 4.37. The van der Waals surface area contributed by atoms with Crippen LogP contribution >= 0.6 is 0 Å². The molecule has 5 heteroatoms. The lowest BCUT2D eigenvalue weighted by Gasteiger charge is -2.19. The maximum atomic E-state index is 13.6. The normalized spacial score (nSPS) is 19.9. The number of aliphatic carboxylic acids is 1. The van der Waals surface area contributed by atoms with E-state index in [0.29, 0.717) is 18.5 Å². The Balaban J connectivity index is 1.95. The molecule has 1 aliphatic heterocycles. The summed E-state index contributed by atoms with van der Waals surface area (Å²) in [5.74, 6) is -1.96. The van der Waals surface area contributed by atoms with E-state index in [1.807, 2.05) is 0 Å². The van der Waals surface area contributed by atoms with Crippen molar-refractivity contribution >= 4 is 11.9 Å². The number of carbonyl (C=O) groups is 2. The van der Waals surface area contributed by atoms with Crippen molar-refractivity contribution in [3.63, 3.8) is 0 Å². The third-order valence-corrected chi connectivity index (χ3v) is 3.81. The number of hydrogen-bond donors (Lipinski definition) is 1. The fourth-order valence-corrected chi connectivity index (χ4v) is 2.56. The number of nitrogens with zero attached hydrogens (tertiary/aromatic N) is 1. The zero-order chi connectivity index (χ0) is 14.7. The fraction of sp³-hybridized carbons (Fsp3) is 0.467. The molecule has 1 aromatic carbocycles. The smallest absolute Gasteiger partial charge is 0.308 e. The summed E-state index contributed by atoms with van der Waals surface area (Å²) in [6.45, 7) is 2.54. The molecule has 1 amide bonds. The molecule has 0 aromatic heterocycles. The highest BCUT2D eigenvalue weighted by molar-refractivity contribution is 5.79. The summed E-state index contributed by atoms with van der Waals surface area (Å²) in [5.41, 5.74) is 0.523. The van der Waals surface area contributed by atoms with Gasteiger partial charge in [-0.1, -0.05) is 25.1 Å². The molecular weight excluding hydrogens is 261 g/mol. The molecule has 0 bridgehead atoms. The molecule has 4 nitrogen and oxygen atoms in total. The number of amides is 1. The van der Waals surface area contributed by atoms with Gasteiger partial charge in [0.1, 0.15) is 5.82 Å². The largest absolute Gasteiger partial charge is 0.481 e. The first kappa shape index (κ1) is 14.5. The first-order valence-corrected chi connectivity index (χ1v) is 6.74. The van der Waals surface area contributed by atoms with Crippen LogP contribution in [0.1, 0.15) is 31.2 Å². The Bertz CT molecular complexity index is 518. The van der Waals surface area contributed by atoms with E-state index < -0.39 is 11.9 Å². The summed E-state index contributed by atoms with van der Waals surface area (Å²) < 4.78 is 13.6. The zero-order valence-electron chi connectivity index (χ0n) is 11.4. The topological polar surface area (TPSA) is 57.6 Å². The lowest BCUT2D eigenvalue weighted by Crippen LogP contribution is -2.30. The Morgan fingerprint density at radius 3 is 2.75 bits per heavy atom. The van der Waals surface area contributed by atoms with Crippen molar-refractivity contribution in [3.8, 4) is 0 Å². The lowest BCUT2D eigenvalue weighted by molar-refractivity contribution is -0.141. The lowest BCUT2D eigenvalue weighted by atomic mass is 9.96. The summed E-state index contributed by atoms with van der Waals surface area (Å²) in [6, 6.07) is 6.42. The molecule has 1 heterocycles. The van der Waals surface area contributed by atoms with E-state index in [4.69, 9.17) is 5.11 Å². The van der Waals surface area contributed by atoms with Crippen molar-refractivity contribution in [2.75, 3.05) is 13.1 Å². The molecule has 2 atom stereocenters. The van der Waals surface area contributed by atoms with E-state index >= 15 is 0 Å². The second-order valence-corrected chi connectivity index (χ2v) is 5.29. The van der Waals surface area contributed by atoms with Crippen molar-refractivity contribution in [1.29, 1.82) is 0 Å². The highest BCUT2D eigenvalue weighted by Gasteiger charge is 2.31. The van der Waals surface area contributed by atoms with Gasteiger partial charge >= 0.3 is 5.97 Å². The number of carboxylic acids is 1. The molecule has 2 rings (SSSR count). The van der Waals surface area contributed by atoms with Crippen LogP contribution in [-0.2, 0) is 9.59 Å². The van der Waals surface area contributed by atoms with Gasteiger partial charge in [-0.05, 0) is 24.0 Å². The van der Waals surface area contributed by atoms with Crippen LogP contribution in [0.15, 0.2) is 24.3 Å². The Labute approximate surface area is 117 Å². The summed E-state index contributed by atoms with van der Waals surface area (Å²) >= 11 is 0. The molecule has 0 unspecified atom stereocenters. The van der Waals surface area contributed by atoms with E-state index in [0.717, 1.165) is 0 Å². The Hall–Kier alpha value is -1.91. The van der Waals surface area contributed by atoms with Gasteiger partial charge in [0.2, 0.25) is 5.91 Å². The fourth-order valence-electron chi connectivity index (χ4n) is 2.56. The molecule has 0 aliphatic carbocycles. The number of benzene rings is 1. The zero-order valence-corrected chi connectivity index (χ0v) is 11.4. The average molecular weight is 279 g/mol. The van der Waals surface area contributed by atoms with Gasteiger partial charge in [0.25, 0.3) is 0 Å². The minimum atomic E-state index is -0.859. The number of carboxylic acid groups (broad SMARTS) is 1. The summed E-state index contributed by atoms with van der Waals surface area (Å²) in [7, 11) is 0. The summed E-state index contributed by atoms with van der Waals surface area (Å²) in [5, 5.41) is 8.92. The van der Waals surface area contributed by atoms with Gasteiger partial charge in [-0.3, -0.25) is 9.59 Å². The standard InChI is InChI=1S/C15H18FNO3/c1-10(12-4-2-3-5-13(12)16)8-14(18)17-7-6-11(9-17)15(19)20/h2-5,10-11H,6-9H2,1H3,(H,19,20)/t10-,11-/m1/s1. The highest BCUT2D eigenvalue weighted by Crippen LogP contribution is 2.24. The van der Waals surface area contributed by atoms with Gasteiger partial charge < -0.3 is 10.0 Å². The quantitative estimate of drug-likeness (QED) is 0.919. The molecule has 1 saturated heterocycles. The SMILES string of the molecule is C[C@H](CC(=O)N1CC[C@@H](C(=O)O)C1)c1ccccc1F. The molecule has 0 radical (unpaired) electrons. The predicted molar refractivity (Wildman–Crippen MR) is 71.8 cm³/mol. The van der Waals surface area contributed by atoms with Gasteiger partial charge in [0.15, 0.2) is 0 Å². The monoisotopic (exact) mass is 279 g/mol. The highest BCUT2D eigenvalue weighted by atomic mass is 19.1. The number of rotatable bonds is 4. The van der Waals surface area contributed by atoms with E-state index in [2.05, 4.69) is 0 Å². The first-order valence-electron chi connectivity index (χ1n) is 6.74. The van der Waals surface area contributed by atoms with Gasteiger partial charge in [0, 0.05) is 19.5 Å². The average Bonchev–Trinajstić information content (AvgIpc) is 2.88. The van der Waals surface area contributed by atoms with E-state index in [1.54, 1.807) is 30.0 Å². The molecule has 0 saturated carbocycles. The van der Waals surface area contributed by atoms with Gasteiger partial charge in [-0.2, -0.15) is 0 Å². The minimum Gasteiger partial charge on any atom is -0.481 e. The van der Waals surface area contributed by atoms with Gasteiger partial charge in [-0.15, -0.1) is 0 Å². The van der Waals surface area contributed by atoms with Crippen molar-refractivity contribution < 1.29 is 19.1 Å². The molecule has 20 heavy (non-hydrogen) atoms. The van der Waals surface area contributed by atoms with Crippen LogP contribution in [0.25, 0.3) is 0 Å². The molecule has 1 N–H and O–H groups in total. The Morgan fingerprint density at radius 2 is 2.15 bits per heavy atom. The number of halogens is 1. The molecule has 1 aromatic rings. The van der Waals surface area contributed by atoms with Crippen LogP contribution in [0.2, 0.25) is 0 Å². The molecule has 1 aliphatic rings. The van der Waals surface area contributed by atoms with Crippen LogP contribution in [0, 0.1) is 11.7 Å². The molecule has 0 spiro atoms. The predicted octanol–water partition coefficient (Wildman–Crippen LogP) is 2.25. The van der Waals surface area contributed by atoms with Crippen LogP contribution in [-0.4, -0.2) is 35.0 Å². The minimum absolute atomic E-state index is 0.107. The number of hydrogen-bond acceptors (Lipinski definition) is 2. The van der Waals surface area contributed by atoms with Crippen molar-refractivity contribution in [1.82, 2.24) is 4.90 Å². The van der Waals surface area contributed by atoms with Crippen LogP contribution < -0.4 is 0 Å².